The molecule has 0 aliphatic carbocycles. The maximum absolute atomic E-state index is 11.6. The molecule has 1 saturated heterocycles. The van der Waals surface area contributed by atoms with E-state index in [4.69, 9.17) is 10.5 Å². The lowest BCUT2D eigenvalue weighted by Gasteiger charge is -2.21. The molecule has 94 valence electrons. The van der Waals surface area contributed by atoms with E-state index in [1.165, 1.54) is 0 Å². The largest absolute Gasteiger partial charge is 0.386 e. The van der Waals surface area contributed by atoms with E-state index < -0.39 is 11.6 Å². The van der Waals surface area contributed by atoms with Gasteiger partial charge in [0.1, 0.15) is 5.60 Å². The first-order chi connectivity index (χ1) is 7.57. The van der Waals surface area contributed by atoms with Gasteiger partial charge in [-0.15, -0.1) is 0 Å². The van der Waals surface area contributed by atoms with Crippen LogP contribution in [0.5, 0.6) is 0 Å². The molecule has 16 heavy (non-hydrogen) atoms. The van der Waals surface area contributed by atoms with Crippen LogP contribution in [-0.4, -0.2) is 42.4 Å². The van der Waals surface area contributed by atoms with Crippen molar-refractivity contribution in [1.82, 2.24) is 5.32 Å². The molecule has 0 spiro atoms. The Kier molecular flexibility index (Phi) is 5.18. The Hall–Kier alpha value is -0.650. The number of hydrogen-bond donors (Lipinski definition) is 3. The smallest absolute Gasteiger partial charge is 0.237 e. The van der Waals surface area contributed by atoms with Crippen molar-refractivity contribution >= 4 is 5.91 Å². The summed E-state index contributed by atoms with van der Waals surface area (Å²) in [7, 11) is 0. The number of rotatable bonds is 6. The highest BCUT2D eigenvalue weighted by atomic mass is 16.5. The normalized spacial score (nSPS) is 26.7. The van der Waals surface area contributed by atoms with Gasteiger partial charge < -0.3 is 20.9 Å². The van der Waals surface area contributed by atoms with Gasteiger partial charge in [0.15, 0.2) is 0 Å². The standard InChI is InChI=1S/C11H22N2O3/c1-2-3-4-9(12)10(14)13-7-11(15)5-6-16-8-11/h9,15H,2-8,12H2,1H3,(H,13,14). The first kappa shape index (κ1) is 13.4. The third-order valence-corrected chi connectivity index (χ3v) is 2.88. The minimum atomic E-state index is -0.903. The summed E-state index contributed by atoms with van der Waals surface area (Å²) in [4.78, 5) is 11.6. The van der Waals surface area contributed by atoms with Gasteiger partial charge in [0.2, 0.25) is 5.91 Å². The summed E-state index contributed by atoms with van der Waals surface area (Å²) in [6, 6.07) is -0.467. The van der Waals surface area contributed by atoms with Gasteiger partial charge in [-0.3, -0.25) is 4.79 Å². The molecule has 0 aromatic carbocycles. The molecule has 1 aliphatic rings. The molecule has 1 amide bonds. The molecule has 0 bridgehead atoms. The lowest BCUT2D eigenvalue weighted by molar-refractivity contribution is -0.123. The number of nitrogens with one attached hydrogen (secondary N) is 1. The highest BCUT2D eigenvalue weighted by molar-refractivity contribution is 5.81. The lowest BCUT2D eigenvalue weighted by atomic mass is 10.0. The van der Waals surface area contributed by atoms with Crippen molar-refractivity contribution in [1.29, 1.82) is 0 Å². The van der Waals surface area contributed by atoms with Gasteiger partial charge in [-0.1, -0.05) is 19.8 Å². The zero-order chi connectivity index (χ0) is 12.0. The summed E-state index contributed by atoms with van der Waals surface area (Å²) < 4.78 is 5.09. The van der Waals surface area contributed by atoms with E-state index in [0.29, 0.717) is 19.4 Å². The third-order valence-electron chi connectivity index (χ3n) is 2.88. The Morgan fingerprint density at radius 3 is 3.00 bits per heavy atom. The zero-order valence-corrected chi connectivity index (χ0v) is 9.87. The topological polar surface area (TPSA) is 84.6 Å². The van der Waals surface area contributed by atoms with Crippen molar-refractivity contribution < 1.29 is 14.6 Å². The predicted molar refractivity (Wildman–Crippen MR) is 60.9 cm³/mol. The monoisotopic (exact) mass is 230 g/mol. The first-order valence-electron chi connectivity index (χ1n) is 5.91. The first-order valence-corrected chi connectivity index (χ1v) is 5.91. The fraction of sp³-hybridized carbons (Fsp3) is 0.909. The van der Waals surface area contributed by atoms with Gasteiger partial charge in [-0.25, -0.2) is 0 Å². The Balaban J connectivity index is 2.23. The van der Waals surface area contributed by atoms with E-state index in [1.54, 1.807) is 0 Å². The van der Waals surface area contributed by atoms with Crippen LogP contribution in [0.1, 0.15) is 32.6 Å². The van der Waals surface area contributed by atoms with E-state index in [2.05, 4.69) is 12.2 Å². The van der Waals surface area contributed by atoms with Crippen LogP contribution in [0.4, 0.5) is 0 Å². The van der Waals surface area contributed by atoms with Crippen LogP contribution in [0, 0.1) is 0 Å². The van der Waals surface area contributed by atoms with E-state index in [-0.39, 0.29) is 19.1 Å². The summed E-state index contributed by atoms with van der Waals surface area (Å²) in [5.41, 5.74) is 4.80. The molecule has 2 unspecified atom stereocenters. The predicted octanol–water partition coefficient (Wildman–Crippen LogP) is -0.228. The van der Waals surface area contributed by atoms with Crippen molar-refractivity contribution in [3.8, 4) is 0 Å². The molecule has 1 fully saturated rings. The molecule has 0 aromatic heterocycles. The summed E-state index contributed by atoms with van der Waals surface area (Å²) in [6.07, 6.45) is 3.23. The zero-order valence-electron chi connectivity index (χ0n) is 9.87. The molecule has 0 saturated carbocycles. The molecule has 1 rings (SSSR count). The van der Waals surface area contributed by atoms with Crippen LogP contribution in [0.3, 0.4) is 0 Å². The summed E-state index contributed by atoms with van der Waals surface area (Å²) in [5, 5.41) is 12.6. The van der Waals surface area contributed by atoms with E-state index >= 15 is 0 Å². The lowest BCUT2D eigenvalue weighted by Crippen LogP contribution is -2.48. The number of unbranched alkanes of at least 4 members (excludes halogenated alkanes) is 1. The fourth-order valence-corrected chi connectivity index (χ4v) is 1.67. The molecule has 4 N–H and O–H groups in total. The molecule has 5 heteroatoms. The second-order valence-corrected chi connectivity index (χ2v) is 4.49. The highest BCUT2D eigenvalue weighted by Crippen LogP contribution is 2.16. The molecule has 2 atom stereocenters. The van der Waals surface area contributed by atoms with Crippen molar-refractivity contribution in [2.75, 3.05) is 19.8 Å². The number of carbonyl (C=O) groups excluding carboxylic acids is 1. The molecular formula is C11H22N2O3. The van der Waals surface area contributed by atoms with Crippen LogP contribution in [0.25, 0.3) is 0 Å². The Bertz CT molecular complexity index is 227. The Labute approximate surface area is 96.3 Å². The number of nitrogens with two attached hydrogens (primary N) is 1. The van der Waals surface area contributed by atoms with E-state index in [0.717, 1.165) is 12.8 Å². The van der Waals surface area contributed by atoms with Crippen LogP contribution in [0.2, 0.25) is 0 Å². The van der Waals surface area contributed by atoms with Crippen LogP contribution < -0.4 is 11.1 Å². The number of hydrogen-bond acceptors (Lipinski definition) is 4. The van der Waals surface area contributed by atoms with Crippen molar-refractivity contribution in [3.63, 3.8) is 0 Å². The van der Waals surface area contributed by atoms with E-state index in [9.17, 15) is 9.90 Å². The van der Waals surface area contributed by atoms with Crippen molar-refractivity contribution in [2.24, 2.45) is 5.73 Å². The molecule has 1 heterocycles. The van der Waals surface area contributed by atoms with Crippen molar-refractivity contribution in [2.45, 2.75) is 44.2 Å². The average Bonchev–Trinajstić information content (AvgIpc) is 2.70. The molecule has 0 radical (unpaired) electrons. The SMILES string of the molecule is CCCCC(N)C(=O)NCC1(O)CCOC1. The van der Waals surface area contributed by atoms with Gasteiger partial charge in [-0.05, 0) is 6.42 Å². The molecule has 5 nitrogen and oxygen atoms in total. The average molecular weight is 230 g/mol. The third kappa shape index (κ3) is 4.08. The van der Waals surface area contributed by atoms with Gasteiger partial charge in [0, 0.05) is 19.6 Å². The Morgan fingerprint density at radius 1 is 1.69 bits per heavy atom. The van der Waals surface area contributed by atoms with Crippen LogP contribution >= 0.6 is 0 Å². The van der Waals surface area contributed by atoms with Gasteiger partial charge in [0.25, 0.3) is 0 Å². The number of carbonyl (C=O) groups is 1. The molecule has 1 aliphatic heterocycles. The number of amides is 1. The second kappa shape index (κ2) is 6.18. The highest BCUT2D eigenvalue weighted by Gasteiger charge is 2.32. The number of ether oxygens (including phenoxy) is 1. The second-order valence-electron chi connectivity index (χ2n) is 4.49. The van der Waals surface area contributed by atoms with E-state index in [1.807, 2.05) is 0 Å². The Morgan fingerprint density at radius 2 is 2.44 bits per heavy atom. The number of aliphatic hydroxyl groups is 1. The molecular weight excluding hydrogens is 208 g/mol. The summed E-state index contributed by atoms with van der Waals surface area (Å²) >= 11 is 0. The van der Waals surface area contributed by atoms with Gasteiger partial charge in [-0.2, -0.15) is 0 Å². The van der Waals surface area contributed by atoms with Gasteiger partial charge >= 0.3 is 0 Å². The maximum Gasteiger partial charge on any atom is 0.237 e. The molecule has 0 aromatic rings. The van der Waals surface area contributed by atoms with Crippen molar-refractivity contribution in [3.05, 3.63) is 0 Å². The summed E-state index contributed by atoms with van der Waals surface area (Å²) in [5.74, 6) is -0.186. The van der Waals surface area contributed by atoms with Crippen LogP contribution in [0.15, 0.2) is 0 Å². The van der Waals surface area contributed by atoms with Gasteiger partial charge in [0.05, 0.1) is 12.6 Å². The minimum absolute atomic E-state index is 0.186. The van der Waals surface area contributed by atoms with Crippen LogP contribution in [-0.2, 0) is 9.53 Å². The maximum atomic E-state index is 11.6. The summed E-state index contributed by atoms with van der Waals surface area (Å²) in [6.45, 7) is 3.13. The quantitative estimate of drug-likeness (QED) is 0.588. The minimum Gasteiger partial charge on any atom is -0.386 e. The fourth-order valence-electron chi connectivity index (χ4n) is 1.67.